The summed E-state index contributed by atoms with van der Waals surface area (Å²) in [4.78, 5) is 8.49. The van der Waals surface area contributed by atoms with Crippen LogP contribution in [0.25, 0.3) is 11.4 Å². The van der Waals surface area contributed by atoms with E-state index in [1.807, 2.05) is 32.0 Å². The van der Waals surface area contributed by atoms with Crippen LogP contribution in [-0.2, 0) is 0 Å². The van der Waals surface area contributed by atoms with Gasteiger partial charge in [0.25, 0.3) is 0 Å². The predicted octanol–water partition coefficient (Wildman–Crippen LogP) is 3.41. The van der Waals surface area contributed by atoms with Gasteiger partial charge in [0.1, 0.15) is 0 Å². The fourth-order valence-electron chi connectivity index (χ4n) is 1.69. The number of hydrogen-bond acceptors (Lipinski definition) is 2. The van der Waals surface area contributed by atoms with Crippen molar-refractivity contribution in [3.63, 3.8) is 0 Å². The number of aryl methyl sites for hydroxylation is 2. The molecule has 0 saturated carbocycles. The van der Waals surface area contributed by atoms with E-state index in [2.05, 4.69) is 9.97 Å². The number of nitrogens with zero attached hydrogens (tertiary/aromatic N) is 2. The van der Waals surface area contributed by atoms with Gasteiger partial charge in [0.2, 0.25) is 0 Å². The van der Waals surface area contributed by atoms with Crippen LogP contribution in [0.15, 0.2) is 30.6 Å². The molecule has 76 valence electrons. The third-order valence-corrected chi connectivity index (χ3v) is 2.51. The summed E-state index contributed by atoms with van der Waals surface area (Å²) in [5.41, 5.74) is 3.28. The van der Waals surface area contributed by atoms with Crippen molar-refractivity contribution in [1.29, 1.82) is 0 Å². The van der Waals surface area contributed by atoms with E-state index in [9.17, 15) is 0 Å². The molecule has 3 heteroatoms. The van der Waals surface area contributed by atoms with Crippen LogP contribution in [0.4, 0.5) is 0 Å². The first-order valence-electron chi connectivity index (χ1n) is 4.72. The van der Waals surface area contributed by atoms with Crippen LogP contribution in [0.1, 0.15) is 11.1 Å². The Bertz CT molecular complexity index is 457. The summed E-state index contributed by atoms with van der Waals surface area (Å²) in [6, 6.07) is 5.67. The first kappa shape index (κ1) is 10.1. The van der Waals surface area contributed by atoms with Crippen molar-refractivity contribution in [1.82, 2.24) is 9.97 Å². The highest BCUT2D eigenvalue weighted by Gasteiger charge is 2.08. The molecule has 1 heterocycles. The molecule has 0 N–H and O–H groups in total. The van der Waals surface area contributed by atoms with Gasteiger partial charge in [-0.3, -0.25) is 0 Å². The van der Waals surface area contributed by atoms with Gasteiger partial charge in [-0.05, 0) is 43.2 Å². The molecule has 0 aliphatic heterocycles. The Labute approximate surface area is 94.0 Å². The molecular weight excluding hydrogens is 208 g/mol. The maximum atomic E-state index is 5.97. The van der Waals surface area contributed by atoms with Gasteiger partial charge < -0.3 is 0 Å². The molecule has 2 nitrogen and oxygen atoms in total. The molecule has 0 unspecified atom stereocenters. The average molecular weight is 219 g/mol. The van der Waals surface area contributed by atoms with Crippen LogP contribution >= 0.6 is 11.6 Å². The quantitative estimate of drug-likeness (QED) is 0.733. The van der Waals surface area contributed by atoms with Crippen LogP contribution in [0.5, 0.6) is 0 Å². The smallest absolute Gasteiger partial charge is 0.159 e. The van der Waals surface area contributed by atoms with E-state index in [0.29, 0.717) is 0 Å². The summed E-state index contributed by atoms with van der Waals surface area (Å²) >= 11 is 5.97. The minimum absolute atomic E-state index is 0.754. The number of aromatic nitrogens is 2. The zero-order valence-electron chi connectivity index (χ0n) is 8.66. The molecule has 2 rings (SSSR count). The van der Waals surface area contributed by atoms with Crippen molar-refractivity contribution in [2.24, 2.45) is 0 Å². The first-order valence-corrected chi connectivity index (χ1v) is 5.10. The summed E-state index contributed by atoms with van der Waals surface area (Å²) in [6.07, 6.45) is 3.49. The van der Waals surface area contributed by atoms with Crippen molar-refractivity contribution in [2.75, 3.05) is 0 Å². The lowest BCUT2D eigenvalue weighted by molar-refractivity contribution is 1.16. The fraction of sp³-hybridized carbons (Fsp3) is 0.167. The molecule has 0 aliphatic carbocycles. The second kappa shape index (κ2) is 3.99. The molecule has 0 radical (unpaired) electrons. The third kappa shape index (κ3) is 2.00. The van der Waals surface area contributed by atoms with Gasteiger partial charge in [0.05, 0.1) is 0 Å². The number of benzene rings is 1. The highest BCUT2D eigenvalue weighted by Crippen LogP contribution is 2.26. The SMILES string of the molecule is Cc1cc(Cl)cc(C)c1-c1ncccn1. The molecule has 15 heavy (non-hydrogen) atoms. The van der Waals surface area contributed by atoms with Gasteiger partial charge >= 0.3 is 0 Å². The lowest BCUT2D eigenvalue weighted by Crippen LogP contribution is -1.93. The van der Waals surface area contributed by atoms with Crippen LogP contribution < -0.4 is 0 Å². The molecule has 0 spiro atoms. The molecule has 0 bridgehead atoms. The molecule has 0 atom stereocenters. The summed E-state index contributed by atoms with van der Waals surface area (Å²) in [5, 5.41) is 0.754. The normalized spacial score (nSPS) is 10.3. The molecular formula is C12H11ClN2. The Morgan fingerprint density at radius 3 is 2.07 bits per heavy atom. The summed E-state index contributed by atoms with van der Waals surface area (Å²) in [6.45, 7) is 4.04. The molecule has 2 aromatic rings. The van der Waals surface area contributed by atoms with Crippen molar-refractivity contribution in [2.45, 2.75) is 13.8 Å². The van der Waals surface area contributed by atoms with E-state index in [1.165, 1.54) is 0 Å². The third-order valence-electron chi connectivity index (χ3n) is 2.29. The van der Waals surface area contributed by atoms with Crippen LogP contribution in [0, 0.1) is 13.8 Å². The topological polar surface area (TPSA) is 25.8 Å². The second-order valence-corrected chi connectivity index (χ2v) is 3.92. The Morgan fingerprint density at radius 1 is 1.00 bits per heavy atom. The maximum absolute atomic E-state index is 5.97. The van der Waals surface area contributed by atoms with Crippen molar-refractivity contribution >= 4 is 11.6 Å². The van der Waals surface area contributed by atoms with E-state index in [1.54, 1.807) is 12.4 Å². The second-order valence-electron chi connectivity index (χ2n) is 3.49. The zero-order chi connectivity index (χ0) is 10.8. The predicted molar refractivity (Wildman–Crippen MR) is 62.0 cm³/mol. The first-order chi connectivity index (χ1) is 7.18. The highest BCUT2D eigenvalue weighted by molar-refractivity contribution is 6.30. The zero-order valence-corrected chi connectivity index (χ0v) is 9.42. The molecule has 0 saturated heterocycles. The minimum atomic E-state index is 0.754. The van der Waals surface area contributed by atoms with Crippen LogP contribution in [-0.4, -0.2) is 9.97 Å². The lowest BCUT2D eigenvalue weighted by atomic mass is 10.0. The summed E-state index contributed by atoms with van der Waals surface area (Å²) in [7, 11) is 0. The monoisotopic (exact) mass is 218 g/mol. The minimum Gasteiger partial charge on any atom is -0.237 e. The van der Waals surface area contributed by atoms with E-state index < -0.39 is 0 Å². The molecule has 1 aromatic carbocycles. The highest BCUT2D eigenvalue weighted by atomic mass is 35.5. The lowest BCUT2D eigenvalue weighted by Gasteiger charge is -2.08. The molecule has 0 amide bonds. The summed E-state index contributed by atoms with van der Waals surface area (Å²) < 4.78 is 0. The van der Waals surface area contributed by atoms with Gasteiger partial charge in [-0.2, -0.15) is 0 Å². The van der Waals surface area contributed by atoms with Crippen LogP contribution in [0.3, 0.4) is 0 Å². The van der Waals surface area contributed by atoms with Gasteiger partial charge in [0.15, 0.2) is 5.82 Å². The van der Waals surface area contributed by atoms with E-state index in [0.717, 1.165) is 27.5 Å². The standard InChI is InChI=1S/C12H11ClN2/c1-8-6-10(13)7-9(2)11(8)12-14-4-3-5-15-12/h3-7H,1-2H3. The van der Waals surface area contributed by atoms with Crippen molar-refractivity contribution in [3.05, 3.63) is 46.7 Å². The van der Waals surface area contributed by atoms with E-state index >= 15 is 0 Å². The molecule has 1 aromatic heterocycles. The van der Waals surface area contributed by atoms with E-state index in [-0.39, 0.29) is 0 Å². The fourth-order valence-corrected chi connectivity index (χ4v) is 2.02. The number of hydrogen-bond donors (Lipinski definition) is 0. The molecule has 0 fully saturated rings. The average Bonchev–Trinajstić information content (AvgIpc) is 2.17. The number of rotatable bonds is 1. The van der Waals surface area contributed by atoms with Gasteiger partial charge in [-0.1, -0.05) is 11.6 Å². The Hall–Kier alpha value is -1.41. The summed E-state index contributed by atoms with van der Waals surface area (Å²) in [5.74, 6) is 0.754. The van der Waals surface area contributed by atoms with Gasteiger partial charge in [-0.25, -0.2) is 9.97 Å². The Kier molecular flexibility index (Phi) is 2.69. The largest absolute Gasteiger partial charge is 0.237 e. The molecule has 0 aliphatic rings. The Balaban J connectivity index is 2.64. The van der Waals surface area contributed by atoms with Crippen LogP contribution in [0.2, 0.25) is 5.02 Å². The van der Waals surface area contributed by atoms with Gasteiger partial charge in [0, 0.05) is 23.0 Å². The van der Waals surface area contributed by atoms with E-state index in [4.69, 9.17) is 11.6 Å². The number of halogens is 1. The maximum Gasteiger partial charge on any atom is 0.159 e. The Morgan fingerprint density at radius 2 is 1.53 bits per heavy atom. The van der Waals surface area contributed by atoms with Gasteiger partial charge in [-0.15, -0.1) is 0 Å². The van der Waals surface area contributed by atoms with Crippen molar-refractivity contribution < 1.29 is 0 Å². The van der Waals surface area contributed by atoms with Crippen molar-refractivity contribution in [3.8, 4) is 11.4 Å².